The normalized spacial score (nSPS) is 24.6. The van der Waals surface area contributed by atoms with Crippen molar-refractivity contribution in [2.45, 2.75) is 52.0 Å². The van der Waals surface area contributed by atoms with Crippen LogP contribution in [0.3, 0.4) is 0 Å². The molecule has 0 amide bonds. The fourth-order valence-corrected chi connectivity index (χ4v) is 2.81. The van der Waals surface area contributed by atoms with E-state index in [1.54, 1.807) is 0 Å². The quantitative estimate of drug-likeness (QED) is 0.774. The molecule has 2 heteroatoms. The van der Waals surface area contributed by atoms with Crippen LogP contribution in [0.2, 0.25) is 0 Å². The Kier molecular flexibility index (Phi) is 3.93. The summed E-state index contributed by atoms with van der Waals surface area (Å²) < 4.78 is 0. The lowest BCUT2D eigenvalue weighted by Gasteiger charge is -2.30. The van der Waals surface area contributed by atoms with Gasteiger partial charge in [-0.3, -0.25) is 0 Å². The van der Waals surface area contributed by atoms with Crippen LogP contribution in [0.4, 0.5) is 11.4 Å². The molecule has 2 nitrogen and oxygen atoms in total. The highest BCUT2D eigenvalue weighted by atomic mass is 14.9. The van der Waals surface area contributed by atoms with Gasteiger partial charge in [0.25, 0.3) is 0 Å². The van der Waals surface area contributed by atoms with Crippen LogP contribution in [0.15, 0.2) is 18.2 Å². The van der Waals surface area contributed by atoms with Gasteiger partial charge in [-0.25, -0.2) is 0 Å². The zero-order valence-corrected chi connectivity index (χ0v) is 11.0. The molecule has 0 radical (unpaired) electrons. The number of anilines is 2. The Morgan fingerprint density at radius 3 is 2.94 bits per heavy atom. The highest BCUT2D eigenvalue weighted by Crippen LogP contribution is 2.30. The Balaban J connectivity index is 2.02. The summed E-state index contributed by atoms with van der Waals surface area (Å²) in [4.78, 5) is 0. The molecular formula is C15H24N2. The maximum Gasteiger partial charge on any atom is 0.0578 e. The Bertz CT molecular complexity index is 373. The van der Waals surface area contributed by atoms with Gasteiger partial charge in [-0.05, 0) is 43.4 Å². The number of hydrogen-bond donors (Lipinski definition) is 2. The third kappa shape index (κ3) is 3.15. The molecule has 2 unspecified atom stereocenters. The molecule has 1 aromatic carbocycles. The van der Waals surface area contributed by atoms with Crippen LogP contribution in [0.5, 0.6) is 0 Å². The van der Waals surface area contributed by atoms with Crippen molar-refractivity contribution in [3.05, 3.63) is 23.8 Å². The van der Waals surface area contributed by atoms with E-state index in [1.165, 1.54) is 37.7 Å². The number of benzene rings is 1. The van der Waals surface area contributed by atoms with E-state index < -0.39 is 0 Å². The summed E-state index contributed by atoms with van der Waals surface area (Å²) in [5, 5.41) is 3.63. The molecule has 1 aliphatic carbocycles. The van der Waals surface area contributed by atoms with Crippen LogP contribution in [0.1, 0.15) is 44.6 Å². The lowest BCUT2D eigenvalue weighted by molar-refractivity contribution is 0.327. The number of rotatable bonds is 3. The standard InChI is InChI=1S/C15H24N2/c1-3-12-5-4-6-13(10-12)17-15-9-11(2)7-8-14(15)16/h7-9,12-13,17H,3-6,10,16H2,1-2H3. The molecule has 17 heavy (non-hydrogen) atoms. The molecule has 0 saturated heterocycles. The number of hydrogen-bond acceptors (Lipinski definition) is 2. The SMILES string of the molecule is CCC1CCCC(Nc2cc(C)ccc2N)C1. The van der Waals surface area contributed by atoms with E-state index in [-0.39, 0.29) is 0 Å². The van der Waals surface area contributed by atoms with E-state index in [0.717, 1.165) is 17.3 Å². The predicted octanol–water partition coefficient (Wildman–Crippen LogP) is 3.96. The topological polar surface area (TPSA) is 38.0 Å². The molecule has 0 heterocycles. The fourth-order valence-electron chi connectivity index (χ4n) is 2.81. The summed E-state index contributed by atoms with van der Waals surface area (Å²) >= 11 is 0. The second kappa shape index (κ2) is 5.44. The van der Waals surface area contributed by atoms with Gasteiger partial charge in [-0.2, -0.15) is 0 Å². The Labute approximate surface area is 105 Å². The van der Waals surface area contributed by atoms with Gasteiger partial charge < -0.3 is 11.1 Å². The van der Waals surface area contributed by atoms with Crippen molar-refractivity contribution in [1.82, 2.24) is 0 Å². The summed E-state index contributed by atoms with van der Waals surface area (Å²) in [5.41, 5.74) is 9.27. The lowest BCUT2D eigenvalue weighted by atomic mass is 9.84. The molecule has 0 aliphatic heterocycles. The van der Waals surface area contributed by atoms with E-state index >= 15 is 0 Å². The molecule has 1 aromatic rings. The highest BCUT2D eigenvalue weighted by Gasteiger charge is 2.20. The molecule has 0 spiro atoms. The first-order valence-electron chi connectivity index (χ1n) is 6.81. The lowest BCUT2D eigenvalue weighted by Crippen LogP contribution is -2.27. The average molecular weight is 232 g/mol. The zero-order chi connectivity index (χ0) is 12.3. The van der Waals surface area contributed by atoms with Crippen molar-refractivity contribution >= 4 is 11.4 Å². The van der Waals surface area contributed by atoms with E-state index in [2.05, 4.69) is 31.3 Å². The van der Waals surface area contributed by atoms with Crippen molar-refractivity contribution in [3.63, 3.8) is 0 Å². The largest absolute Gasteiger partial charge is 0.397 e. The van der Waals surface area contributed by atoms with Crippen molar-refractivity contribution in [1.29, 1.82) is 0 Å². The smallest absolute Gasteiger partial charge is 0.0578 e. The van der Waals surface area contributed by atoms with Crippen LogP contribution in [0, 0.1) is 12.8 Å². The molecule has 0 bridgehead atoms. The third-order valence-electron chi connectivity index (χ3n) is 3.93. The number of nitrogens with two attached hydrogens (primary N) is 1. The van der Waals surface area contributed by atoms with E-state index in [1.807, 2.05) is 6.07 Å². The van der Waals surface area contributed by atoms with Crippen LogP contribution in [0.25, 0.3) is 0 Å². The molecular weight excluding hydrogens is 208 g/mol. The van der Waals surface area contributed by atoms with Crippen LogP contribution >= 0.6 is 0 Å². The first-order valence-corrected chi connectivity index (χ1v) is 6.81. The second-order valence-electron chi connectivity index (χ2n) is 5.37. The van der Waals surface area contributed by atoms with Gasteiger partial charge >= 0.3 is 0 Å². The van der Waals surface area contributed by atoms with Gasteiger partial charge in [0, 0.05) is 6.04 Å². The molecule has 3 N–H and O–H groups in total. The Morgan fingerprint density at radius 1 is 1.35 bits per heavy atom. The van der Waals surface area contributed by atoms with Gasteiger partial charge in [0.1, 0.15) is 0 Å². The molecule has 1 saturated carbocycles. The van der Waals surface area contributed by atoms with Gasteiger partial charge in [0.05, 0.1) is 11.4 Å². The molecule has 2 atom stereocenters. The fraction of sp³-hybridized carbons (Fsp3) is 0.600. The Morgan fingerprint density at radius 2 is 2.18 bits per heavy atom. The molecule has 2 rings (SSSR count). The van der Waals surface area contributed by atoms with Crippen molar-refractivity contribution in [3.8, 4) is 0 Å². The van der Waals surface area contributed by atoms with Crippen molar-refractivity contribution in [2.75, 3.05) is 11.1 Å². The molecule has 1 fully saturated rings. The maximum atomic E-state index is 6.01. The summed E-state index contributed by atoms with van der Waals surface area (Å²) in [6.45, 7) is 4.41. The van der Waals surface area contributed by atoms with Crippen molar-refractivity contribution < 1.29 is 0 Å². The minimum atomic E-state index is 0.609. The van der Waals surface area contributed by atoms with Gasteiger partial charge in [-0.15, -0.1) is 0 Å². The molecule has 94 valence electrons. The maximum absolute atomic E-state index is 6.01. The van der Waals surface area contributed by atoms with E-state index in [4.69, 9.17) is 5.73 Å². The summed E-state index contributed by atoms with van der Waals surface area (Å²) in [5.74, 6) is 0.896. The first kappa shape index (κ1) is 12.3. The Hall–Kier alpha value is -1.18. The predicted molar refractivity (Wildman–Crippen MR) is 75.3 cm³/mol. The zero-order valence-electron chi connectivity index (χ0n) is 11.0. The van der Waals surface area contributed by atoms with Gasteiger partial charge in [-0.1, -0.05) is 32.3 Å². The van der Waals surface area contributed by atoms with Crippen LogP contribution in [-0.4, -0.2) is 6.04 Å². The minimum Gasteiger partial charge on any atom is -0.397 e. The van der Waals surface area contributed by atoms with Crippen LogP contribution < -0.4 is 11.1 Å². The van der Waals surface area contributed by atoms with E-state index in [9.17, 15) is 0 Å². The van der Waals surface area contributed by atoms with Crippen molar-refractivity contribution in [2.24, 2.45) is 5.92 Å². The van der Waals surface area contributed by atoms with Crippen LogP contribution in [-0.2, 0) is 0 Å². The van der Waals surface area contributed by atoms with Gasteiger partial charge in [0.2, 0.25) is 0 Å². The number of nitrogens with one attached hydrogen (secondary N) is 1. The summed E-state index contributed by atoms with van der Waals surface area (Å²) in [6, 6.07) is 6.83. The first-order chi connectivity index (χ1) is 8.19. The summed E-state index contributed by atoms with van der Waals surface area (Å²) in [7, 11) is 0. The monoisotopic (exact) mass is 232 g/mol. The van der Waals surface area contributed by atoms with Gasteiger partial charge in [0.15, 0.2) is 0 Å². The second-order valence-corrected chi connectivity index (χ2v) is 5.37. The third-order valence-corrected chi connectivity index (χ3v) is 3.93. The van der Waals surface area contributed by atoms with E-state index in [0.29, 0.717) is 6.04 Å². The molecule has 0 aromatic heterocycles. The number of aryl methyl sites for hydroxylation is 1. The minimum absolute atomic E-state index is 0.609. The molecule has 1 aliphatic rings. The average Bonchev–Trinajstić information content (AvgIpc) is 2.34. The highest BCUT2D eigenvalue weighted by molar-refractivity contribution is 5.67. The summed E-state index contributed by atoms with van der Waals surface area (Å²) in [6.07, 6.45) is 6.63. The number of nitrogen functional groups attached to an aromatic ring is 1.